The summed E-state index contributed by atoms with van der Waals surface area (Å²) in [4.78, 5) is 20.5. The molecule has 3 heterocycles. The van der Waals surface area contributed by atoms with Gasteiger partial charge >= 0.3 is 6.01 Å². The normalized spacial score (nSPS) is 24.3. The Morgan fingerprint density at radius 1 is 1.26 bits per heavy atom. The first-order chi connectivity index (χ1) is 16.4. The lowest BCUT2D eigenvalue weighted by Crippen LogP contribution is -2.53. The molecule has 2 aromatic heterocycles. The zero-order valence-corrected chi connectivity index (χ0v) is 19.6. The molecular weight excluding hydrogens is 433 g/mol. The second-order valence-corrected chi connectivity index (χ2v) is 9.86. The Kier molecular flexibility index (Phi) is 4.74. The predicted molar refractivity (Wildman–Crippen MR) is 128 cm³/mol. The van der Waals surface area contributed by atoms with Gasteiger partial charge in [-0.15, -0.1) is 0 Å². The Morgan fingerprint density at radius 3 is 2.74 bits per heavy atom. The number of nitrogens with one attached hydrogen (secondary N) is 1. The standard InChI is InChI=1S/C25H28FN7O/c1-4-21-29-9-14(10-30-21)34-24-31-20-7-15-16(5-13(26)6-19(15)28-3)22(20)23(32-24)33-11-17-18(27)8-25(17,2)12-33/h5-6,9-10,17-18,28H,4,7-8,11-12,27H2,1-3H3. The largest absolute Gasteiger partial charge is 0.421 e. The summed E-state index contributed by atoms with van der Waals surface area (Å²) in [5.74, 6) is 2.14. The first kappa shape index (κ1) is 21.2. The minimum absolute atomic E-state index is 0.168. The summed E-state index contributed by atoms with van der Waals surface area (Å²) < 4.78 is 20.5. The van der Waals surface area contributed by atoms with Gasteiger partial charge in [0, 0.05) is 50.3 Å². The molecule has 3 unspecified atom stereocenters. The van der Waals surface area contributed by atoms with Crippen LogP contribution in [0, 0.1) is 17.2 Å². The van der Waals surface area contributed by atoms with Gasteiger partial charge in [-0.1, -0.05) is 13.8 Å². The first-order valence-electron chi connectivity index (χ1n) is 11.8. The van der Waals surface area contributed by atoms with E-state index in [9.17, 15) is 4.39 Å². The average Bonchev–Trinajstić information content (AvgIpc) is 3.32. The SMILES string of the molecule is CCc1ncc(Oc2nc3c(c(N4CC5C(N)CC5(C)C4)n2)-c2cc(F)cc(NC)c2C3)cn1. The number of hydrogen-bond donors (Lipinski definition) is 2. The highest BCUT2D eigenvalue weighted by molar-refractivity contribution is 5.88. The van der Waals surface area contributed by atoms with E-state index in [1.54, 1.807) is 25.5 Å². The number of nitrogens with two attached hydrogens (primary N) is 1. The third kappa shape index (κ3) is 3.21. The minimum atomic E-state index is -0.286. The van der Waals surface area contributed by atoms with Crippen LogP contribution in [-0.2, 0) is 12.8 Å². The molecule has 3 N–H and O–H groups in total. The van der Waals surface area contributed by atoms with E-state index in [0.29, 0.717) is 18.1 Å². The van der Waals surface area contributed by atoms with Crippen LogP contribution < -0.4 is 20.7 Å². The predicted octanol–water partition coefficient (Wildman–Crippen LogP) is 3.55. The molecule has 1 aliphatic heterocycles. The Labute approximate surface area is 197 Å². The van der Waals surface area contributed by atoms with Crippen LogP contribution in [0.4, 0.5) is 15.9 Å². The zero-order chi connectivity index (χ0) is 23.6. The lowest BCUT2D eigenvalue weighted by Gasteiger charge is -2.46. The number of benzene rings is 1. The molecule has 0 spiro atoms. The van der Waals surface area contributed by atoms with Crippen LogP contribution in [0.2, 0.25) is 0 Å². The van der Waals surface area contributed by atoms with Crippen molar-refractivity contribution in [2.75, 3.05) is 30.4 Å². The molecule has 0 amide bonds. The van der Waals surface area contributed by atoms with Crippen LogP contribution in [0.15, 0.2) is 24.5 Å². The van der Waals surface area contributed by atoms with E-state index in [-0.39, 0.29) is 23.3 Å². The van der Waals surface area contributed by atoms with Crippen molar-refractivity contribution in [3.05, 3.63) is 47.4 Å². The summed E-state index contributed by atoms with van der Waals surface area (Å²) in [6.07, 6.45) is 5.61. The lowest BCUT2D eigenvalue weighted by molar-refractivity contribution is 0.0771. The van der Waals surface area contributed by atoms with Crippen LogP contribution >= 0.6 is 0 Å². The topological polar surface area (TPSA) is 102 Å². The number of nitrogens with zero attached hydrogens (tertiary/aromatic N) is 5. The zero-order valence-electron chi connectivity index (χ0n) is 19.6. The molecule has 176 valence electrons. The van der Waals surface area contributed by atoms with Crippen molar-refractivity contribution in [3.63, 3.8) is 0 Å². The number of halogens is 1. The molecular formula is C25H28FN7O. The number of ether oxygens (including phenoxy) is 1. The molecule has 1 saturated heterocycles. The maximum Gasteiger partial charge on any atom is 0.324 e. The highest BCUT2D eigenvalue weighted by atomic mass is 19.1. The molecule has 9 heteroatoms. The summed E-state index contributed by atoms with van der Waals surface area (Å²) >= 11 is 0. The summed E-state index contributed by atoms with van der Waals surface area (Å²) in [6.45, 7) is 5.96. The molecule has 2 aliphatic carbocycles. The van der Waals surface area contributed by atoms with Gasteiger partial charge in [0.25, 0.3) is 0 Å². The second-order valence-electron chi connectivity index (χ2n) is 9.86. The van der Waals surface area contributed by atoms with Crippen LogP contribution in [0.1, 0.15) is 37.4 Å². The van der Waals surface area contributed by atoms with Crippen molar-refractivity contribution in [1.29, 1.82) is 0 Å². The first-order valence-corrected chi connectivity index (χ1v) is 11.8. The van der Waals surface area contributed by atoms with Crippen LogP contribution in [0.25, 0.3) is 11.1 Å². The third-order valence-electron chi connectivity index (χ3n) is 7.63. The Bertz CT molecular complexity index is 1280. The third-order valence-corrected chi connectivity index (χ3v) is 7.63. The van der Waals surface area contributed by atoms with Crippen LogP contribution in [-0.4, -0.2) is 46.1 Å². The van der Waals surface area contributed by atoms with Gasteiger partial charge in [0.2, 0.25) is 0 Å². The molecule has 3 aliphatic rings. The van der Waals surface area contributed by atoms with E-state index >= 15 is 0 Å². The van der Waals surface area contributed by atoms with Crippen LogP contribution in [0.5, 0.6) is 11.8 Å². The van der Waals surface area contributed by atoms with Crippen molar-refractivity contribution < 1.29 is 9.13 Å². The smallest absolute Gasteiger partial charge is 0.324 e. The van der Waals surface area contributed by atoms with E-state index in [2.05, 4.69) is 27.1 Å². The molecule has 1 saturated carbocycles. The second kappa shape index (κ2) is 7.59. The molecule has 6 rings (SSSR count). The fourth-order valence-corrected chi connectivity index (χ4v) is 5.90. The summed E-state index contributed by atoms with van der Waals surface area (Å²) in [5, 5.41) is 3.13. The van der Waals surface area contributed by atoms with Gasteiger partial charge in [-0.2, -0.15) is 9.97 Å². The quantitative estimate of drug-likeness (QED) is 0.465. The fraction of sp³-hybridized carbons (Fsp3) is 0.440. The molecule has 8 nitrogen and oxygen atoms in total. The lowest BCUT2D eigenvalue weighted by atomic mass is 9.60. The van der Waals surface area contributed by atoms with Gasteiger partial charge < -0.3 is 20.7 Å². The van der Waals surface area contributed by atoms with Gasteiger partial charge in [-0.3, -0.25) is 0 Å². The maximum absolute atomic E-state index is 14.5. The molecule has 2 fully saturated rings. The van der Waals surface area contributed by atoms with Gasteiger partial charge in [0.1, 0.15) is 17.5 Å². The van der Waals surface area contributed by atoms with Crippen molar-refractivity contribution in [1.82, 2.24) is 19.9 Å². The Hall–Kier alpha value is -3.33. The molecule has 1 aromatic carbocycles. The molecule has 34 heavy (non-hydrogen) atoms. The van der Waals surface area contributed by atoms with Crippen molar-refractivity contribution >= 4 is 11.5 Å². The van der Waals surface area contributed by atoms with Crippen molar-refractivity contribution in [3.8, 4) is 22.9 Å². The van der Waals surface area contributed by atoms with Gasteiger partial charge in [-0.25, -0.2) is 14.4 Å². The monoisotopic (exact) mass is 461 g/mol. The minimum Gasteiger partial charge on any atom is -0.421 e. The molecule has 3 aromatic rings. The Morgan fingerprint density at radius 2 is 2.06 bits per heavy atom. The number of anilines is 2. The fourth-order valence-electron chi connectivity index (χ4n) is 5.90. The summed E-state index contributed by atoms with van der Waals surface area (Å²) in [7, 11) is 1.81. The van der Waals surface area contributed by atoms with Crippen LogP contribution in [0.3, 0.4) is 0 Å². The number of rotatable bonds is 5. The molecule has 3 atom stereocenters. The van der Waals surface area contributed by atoms with E-state index in [4.69, 9.17) is 20.4 Å². The number of aromatic nitrogens is 4. The van der Waals surface area contributed by atoms with E-state index < -0.39 is 0 Å². The molecule has 0 bridgehead atoms. The van der Waals surface area contributed by atoms with Gasteiger partial charge in [0.15, 0.2) is 5.75 Å². The van der Waals surface area contributed by atoms with E-state index in [0.717, 1.165) is 65.6 Å². The Balaban J connectivity index is 1.45. The number of aryl methyl sites for hydroxylation is 1. The highest BCUT2D eigenvalue weighted by Gasteiger charge is 2.55. The highest BCUT2D eigenvalue weighted by Crippen LogP contribution is 2.54. The van der Waals surface area contributed by atoms with Gasteiger partial charge in [0.05, 0.1) is 18.1 Å². The van der Waals surface area contributed by atoms with E-state index in [1.807, 2.05) is 6.92 Å². The van der Waals surface area contributed by atoms with E-state index in [1.165, 1.54) is 6.07 Å². The van der Waals surface area contributed by atoms with Crippen molar-refractivity contribution in [2.45, 2.75) is 39.2 Å². The maximum atomic E-state index is 14.5. The summed E-state index contributed by atoms with van der Waals surface area (Å²) in [6, 6.07) is 3.56. The average molecular weight is 462 g/mol. The number of hydrogen-bond acceptors (Lipinski definition) is 8. The molecule has 0 radical (unpaired) electrons. The van der Waals surface area contributed by atoms with Gasteiger partial charge in [-0.05, 0) is 41.0 Å². The summed E-state index contributed by atoms with van der Waals surface area (Å²) in [5.41, 5.74) is 10.8. The van der Waals surface area contributed by atoms with Crippen molar-refractivity contribution in [2.24, 2.45) is 17.1 Å². The number of fused-ring (bicyclic) bond motifs is 4.